The fourth-order valence-electron chi connectivity index (χ4n) is 2.34. The van der Waals surface area contributed by atoms with Gasteiger partial charge in [0.15, 0.2) is 0 Å². The van der Waals surface area contributed by atoms with Crippen LogP contribution in [0.25, 0.3) is 0 Å². The van der Waals surface area contributed by atoms with E-state index in [1.807, 2.05) is 18.2 Å². The van der Waals surface area contributed by atoms with E-state index in [2.05, 4.69) is 24.4 Å². The fraction of sp³-hybridized carbons (Fsp3) is 0.294. The molecule has 1 atom stereocenters. The van der Waals surface area contributed by atoms with Crippen LogP contribution in [-0.4, -0.2) is 4.92 Å². The van der Waals surface area contributed by atoms with Crippen LogP contribution in [0.4, 0.5) is 5.69 Å². The van der Waals surface area contributed by atoms with Crippen LogP contribution in [0.2, 0.25) is 0 Å². The third-order valence-corrected chi connectivity index (χ3v) is 3.48. The molecule has 0 saturated carbocycles. The van der Waals surface area contributed by atoms with Gasteiger partial charge in [0.05, 0.1) is 4.92 Å². The number of benzene rings is 2. The molecule has 2 aromatic rings. The van der Waals surface area contributed by atoms with Crippen molar-refractivity contribution in [1.29, 1.82) is 0 Å². The first-order valence-corrected chi connectivity index (χ1v) is 7.22. The van der Waals surface area contributed by atoms with Crippen LogP contribution in [0, 0.1) is 10.1 Å². The molecule has 1 unspecified atom stereocenters. The van der Waals surface area contributed by atoms with E-state index in [1.165, 1.54) is 5.56 Å². The smallest absolute Gasteiger partial charge is 0.269 e. The third kappa shape index (κ3) is 4.39. The highest BCUT2D eigenvalue weighted by Gasteiger charge is 2.10. The standard InChI is InChI=1S/C17H20N2O2/c1-2-6-17(15-7-4-3-5-8-15)18-13-14-9-11-16(12-10-14)19(20)21/h3-5,7-12,17-18H,2,6,13H2,1H3. The van der Waals surface area contributed by atoms with Crippen molar-refractivity contribution in [3.05, 3.63) is 75.8 Å². The minimum Gasteiger partial charge on any atom is -0.306 e. The minimum absolute atomic E-state index is 0.131. The molecule has 2 aromatic carbocycles. The Labute approximate surface area is 125 Å². The van der Waals surface area contributed by atoms with Gasteiger partial charge in [0.2, 0.25) is 0 Å². The topological polar surface area (TPSA) is 55.2 Å². The largest absolute Gasteiger partial charge is 0.306 e. The summed E-state index contributed by atoms with van der Waals surface area (Å²) in [5.74, 6) is 0. The Balaban J connectivity index is 2.00. The molecule has 0 bridgehead atoms. The molecular weight excluding hydrogens is 264 g/mol. The Morgan fingerprint density at radius 1 is 1.10 bits per heavy atom. The summed E-state index contributed by atoms with van der Waals surface area (Å²) in [5.41, 5.74) is 2.46. The van der Waals surface area contributed by atoms with Gasteiger partial charge in [-0.3, -0.25) is 10.1 Å². The Morgan fingerprint density at radius 2 is 1.76 bits per heavy atom. The van der Waals surface area contributed by atoms with Crippen LogP contribution in [0.1, 0.15) is 36.9 Å². The van der Waals surface area contributed by atoms with Crippen molar-refractivity contribution in [3.8, 4) is 0 Å². The summed E-state index contributed by atoms with van der Waals surface area (Å²) < 4.78 is 0. The lowest BCUT2D eigenvalue weighted by Crippen LogP contribution is -2.20. The lowest BCUT2D eigenvalue weighted by Gasteiger charge is -2.18. The fourth-order valence-corrected chi connectivity index (χ4v) is 2.34. The summed E-state index contributed by atoms with van der Waals surface area (Å²) in [4.78, 5) is 10.3. The molecule has 21 heavy (non-hydrogen) atoms. The first-order valence-electron chi connectivity index (χ1n) is 7.22. The summed E-state index contributed by atoms with van der Waals surface area (Å²) in [6, 6.07) is 17.4. The van der Waals surface area contributed by atoms with Crippen LogP contribution in [0.3, 0.4) is 0 Å². The van der Waals surface area contributed by atoms with E-state index in [4.69, 9.17) is 0 Å². The molecule has 0 spiro atoms. The van der Waals surface area contributed by atoms with Gasteiger partial charge in [0.25, 0.3) is 5.69 Å². The van der Waals surface area contributed by atoms with E-state index in [0.29, 0.717) is 12.6 Å². The zero-order valence-electron chi connectivity index (χ0n) is 12.2. The van der Waals surface area contributed by atoms with Gasteiger partial charge in [0.1, 0.15) is 0 Å². The van der Waals surface area contributed by atoms with Crippen molar-refractivity contribution in [2.75, 3.05) is 0 Å². The van der Waals surface area contributed by atoms with Crippen molar-refractivity contribution in [2.24, 2.45) is 0 Å². The van der Waals surface area contributed by atoms with E-state index in [1.54, 1.807) is 24.3 Å². The summed E-state index contributed by atoms with van der Waals surface area (Å²) in [5, 5.41) is 14.2. The number of nitro benzene ring substituents is 1. The van der Waals surface area contributed by atoms with Gasteiger partial charge in [0, 0.05) is 24.7 Å². The predicted octanol–water partition coefficient (Wildman–Crippen LogP) is 4.23. The van der Waals surface area contributed by atoms with Crippen LogP contribution >= 0.6 is 0 Å². The zero-order valence-corrected chi connectivity index (χ0v) is 12.2. The average molecular weight is 284 g/mol. The van der Waals surface area contributed by atoms with Gasteiger partial charge in [-0.25, -0.2) is 0 Å². The highest BCUT2D eigenvalue weighted by Crippen LogP contribution is 2.19. The average Bonchev–Trinajstić information content (AvgIpc) is 2.52. The molecule has 0 aliphatic carbocycles. The van der Waals surface area contributed by atoms with E-state index >= 15 is 0 Å². The normalized spacial score (nSPS) is 12.0. The molecular formula is C17H20N2O2. The molecule has 0 heterocycles. The van der Waals surface area contributed by atoms with E-state index < -0.39 is 0 Å². The molecule has 0 amide bonds. The maximum Gasteiger partial charge on any atom is 0.269 e. The van der Waals surface area contributed by atoms with Gasteiger partial charge in [-0.2, -0.15) is 0 Å². The van der Waals surface area contributed by atoms with Gasteiger partial charge < -0.3 is 5.32 Å². The van der Waals surface area contributed by atoms with Crippen LogP contribution < -0.4 is 5.32 Å². The van der Waals surface area contributed by atoms with E-state index in [9.17, 15) is 10.1 Å². The lowest BCUT2D eigenvalue weighted by atomic mass is 10.0. The molecule has 0 aliphatic rings. The molecule has 4 heteroatoms. The van der Waals surface area contributed by atoms with Crippen LogP contribution in [0.15, 0.2) is 54.6 Å². The summed E-state index contributed by atoms with van der Waals surface area (Å²) in [7, 11) is 0. The van der Waals surface area contributed by atoms with Crippen molar-refractivity contribution >= 4 is 5.69 Å². The molecule has 0 radical (unpaired) electrons. The van der Waals surface area contributed by atoms with Gasteiger partial charge in [-0.1, -0.05) is 55.8 Å². The Hall–Kier alpha value is -2.20. The predicted molar refractivity (Wildman–Crippen MR) is 84.0 cm³/mol. The molecule has 2 rings (SSSR count). The Bertz CT molecular complexity index is 567. The Morgan fingerprint density at radius 3 is 2.33 bits per heavy atom. The Kier molecular flexibility index (Phi) is 5.46. The van der Waals surface area contributed by atoms with Crippen molar-refractivity contribution < 1.29 is 4.92 Å². The van der Waals surface area contributed by atoms with Crippen LogP contribution in [-0.2, 0) is 6.54 Å². The maximum atomic E-state index is 10.6. The summed E-state index contributed by atoms with van der Waals surface area (Å²) in [6.45, 7) is 2.88. The number of nitrogens with one attached hydrogen (secondary N) is 1. The highest BCUT2D eigenvalue weighted by molar-refractivity contribution is 5.33. The lowest BCUT2D eigenvalue weighted by molar-refractivity contribution is -0.384. The van der Waals surface area contributed by atoms with Crippen LogP contribution in [0.5, 0.6) is 0 Å². The van der Waals surface area contributed by atoms with Gasteiger partial charge in [-0.05, 0) is 17.5 Å². The zero-order chi connectivity index (χ0) is 15.1. The first kappa shape index (κ1) is 15.2. The number of rotatable bonds is 7. The molecule has 0 aromatic heterocycles. The van der Waals surface area contributed by atoms with E-state index in [0.717, 1.165) is 18.4 Å². The first-order chi connectivity index (χ1) is 10.2. The monoisotopic (exact) mass is 284 g/mol. The molecule has 0 saturated heterocycles. The maximum absolute atomic E-state index is 10.6. The quantitative estimate of drug-likeness (QED) is 0.611. The third-order valence-electron chi connectivity index (χ3n) is 3.48. The number of hydrogen-bond donors (Lipinski definition) is 1. The second kappa shape index (κ2) is 7.55. The van der Waals surface area contributed by atoms with Crippen molar-refractivity contribution in [1.82, 2.24) is 5.32 Å². The number of non-ortho nitro benzene ring substituents is 1. The molecule has 4 nitrogen and oxygen atoms in total. The van der Waals surface area contributed by atoms with Gasteiger partial charge >= 0.3 is 0 Å². The number of hydrogen-bond acceptors (Lipinski definition) is 3. The summed E-state index contributed by atoms with van der Waals surface area (Å²) in [6.07, 6.45) is 2.17. The second-order valence-corrected chi connectivity index (χ2v) is 5.06. The molecule has 1 N–H and O–H groups in total. The van der Waals surface area contributed by atoms with Crippen molar-refractivity contribution in [3.63, 3.8) is 0 Å². The highest BCUT2D eigenvalue weighted by atomic mass is 16.6. The summed E-state index contributed by atoms with van der Waals surface area (Å²) >= 11 is 0. The SMILES string of the molecule is CCCC(NCc1ccc([N+](=O)[O-])cc1)c1ccccc1. The van der Waals surface area contributed by atoms with Gasteiger partial charge in [-0.15, -0.1) is 0 Å². The molecule has 0 fully saturated rings. The minimum atomic E-state index is -0.374. The van der Waals surface area contributed by atoms with E-state index in [-0.39, 0.29) is 10.6 Å². The molecule has 0 aliphatic heterocycles. The van der Waals surface area contributed by atoms with Crippen molar-refractivity contribution in [2.45, 2.75) is 32.4 Å². The number of nitrogens with zero attached hydrogens (tertiary/aromatic N) is 1. The second-order valence-electron chi connectivity index (χ2n) is 5.06. The molecule has 110 valence electrons. The number of nitro groups is 1.